The van der Waals surface area contributed by atoms with Crippen LogP contribution in [0, 0.1) is 0 Å². The number of benzene rings is 1. The second kappa shape index (κ2) is 9.07. The molecule has 1 N–H and O–H groups in total. The van der Waals surface area contributed by atoms with Gasteiger partial charge in [0.05, 0.1) is 12.8 Å². The topological polar surface area (TPSA) is 60.3 Å². The van der Waals surface area contributed by atoms with Crippen LogP contribution in [0.3, 0.4) is 0 Å². The molecular formula is C25H32N2O3. The minimum atomic E-state index is -0.369. The second-order valence-electron chi connectivity index (χ2n) is 8.78. The number of amides is 1. The summed E-state index contributed by atoms with van der Waals surface area (Å²) in [5.41, 5.74) is 6.34. The Bertz CT molecular complexity index is 930. The Morgan fingerprint density at radius 2 is 1.97 bits per heavy atom. The van der Waals surface area contributed by atoms with Crippen LogP contribution in [-0.4, -0.2) is 29.6 Å². The van der Waals surface area contributed by atoms with Gasteiger partial charge in [0.2, 0.25) is 0 Å². The van der Waals surface area contributed by atoms with Crippen LogP contribution < -0.4 is 5.32 Å². The summed E-state index contributed by atoms with van der Waals surface area (Å²) in [5.74, 6) is 0.581. The van der Waals surface area contributed by atoms with E-state index in [1.54, 1.807) is 0 Å². The molecule has 5 heteroatoms. The Kier molecular flexibility index (Phi) is 6.26. The number of aromatic nitrogens is 1. The molecule has 1 aromatic heterocycles. The van der Waals surface area contributed by atoms with Gasteiger partial charge in [-0.05, 0) is 80.2 Å². The highest BCUT2D eigenvalue weighted by molar-refractivity contribution is 5.94. The number of carbonyl (C=O) groups is 2. The number of alkyl carbamates (subject to hydrolysis) is 1. The quantitative estimate of drug-likeness (QED) is 0.675. The van der Waals surface area contributed by atoms with E-state index in [0.717, 1.165) is 37.8 Å². The summed E-state index contributed by atoms with van der Waals surface area (Å²) >= 11 is 0. The summed E-state index contributed by atoms with van der Waals surface area (Å²) in [6.07, 6.45) is 8.57. The second-order valence-corrected chi connectivity index (χ2v) is 8.78. The molecule has 0 aliphatic heterocycles. The number of carbonyl (C=O) groups excluding carboxylic acids is 2. The largest absolute Gasteiger partial charge is 0.453 e. The Hall–Kier alpha value is -2.56. The Morgan fingerprint density at radius 3 is 2.80 bits per heavy atom. The maximum Gasteiger partial charge on any atom is 0.407 e. The molecule has 1 unspecified atom stereocenters. The van der Waals surface area contributed by atoms with Crippen molar-refractivity contribution in [2.45, 2.75) is 69.7 Å². The normalized spacial score (nSPS) is 20.2. The van der Waals surface area contributed by atoms with Gasteiger partial charge in [0.15, 0.2) is 5.78 Å². The third-order valence-corrected chi connectivity index (χ3v) is 6.84. The highest BCUT2D eigenvalue weighted by Gasteiger charge is 2.29. The molecule has 0 bridgehead atoms. The first-order valence-electron chi connectivity index (χ1n) is 11.2. The van der Waals surface area contributed by atoms with Crippen molar-refractivity contribution in [3.05, 3.63) is 58.4 Å². The molecule has 0 saturated heterocycles. The summed E-state index contributed by atoms with van der Waals surface area (Å²) < 4.78 is 6.76. The van der Waals surface area contributed by atoms with Crippen molar-refractivity contribution in [2.75, 3.05) is 7.11 Å². The first-order valence-corrected chi connectivity index (χ1v) is 11.2. The van der Waals surface area contributed by atoms with E-state index in [1.807, 2.05) is 13.1 Å². The molecule has 2 aromatic rings. The average Bonchev–Trinajstić information content (AvgIpc) is 3.47. The maximum absolute atomic E-state index is 12.8. The smallest absolute Gasteiger partial charge is 0.407 e. The molecule has 5 nitrogen and oxygen atoms in total. The van der Waals surface area contributed by atoms with E-state index < -0.39 is 0 Å². The molecule has 1 amide bonds. The number of Topliss-reactive ketones (excluding diaryl/α,β-unsaturated/α-hetero) is 1. The fraction of sp³-hybridized carbons (Fsp3) is 0.520. The predicted molar refractivity (Wildman–Crippen MR) is 117 cm³/mol. The monoisotopic (exact) mass is 408 g/mol. The first-order chi connectivity index (χ1) is 14.5. The van der Waals surface area contributed by atoms with Gasteiger partial charge in [-0.15, -0.1) is 0 Å². The first kappa shape index (κ1) is 20.7. The van der Waals surface area contributed by atoms with Crippen LogP contribution in [-0.2, 0) is 31.0 Å². The fourth-order valence-electron chi connectivity index (χ4n) is 5.19. The highest BCUT2D eigenvalue weighted by Crippen LogP contribution is 2.35. The van der Waals surface area contributed by atoms with Crippen LogP contribution in [0.5, 0.6) is 0 Å². The van der Waals surface area contributed by atoms with Crippen LogP contribution in [0.4, 0.5) is 4.79 Å². The number of methoxy groups -OCH3 is 1. The van der Waals surface area contributed by atoms with Gasteiger partial charge in [-0.1, -0.05) is 18.2 Å². The third-order valence-electron chi connectivity index (χ3n) is 6.84. The highest BCUT2D eigenvalue weighted by atomic mass is 16.5. The van der Waals surface area contributed by atoms with E-state index in [2.05, 4.69) is 34.1 Å². The third kappa shape index (κ3) is 4.45. The molecule has 1 saturated carbocycles. The minimum Gasteiger partial charge on any atom is -0.453 e. The van der Waals surface area contributed by atoms with Gasteiger partial charge in [-0.3, -0.25) is 4.79 Å². The number of ketones is 1. The molecule has 4 rings (SSSR count). The average molecular weight is 409 g/mol. The van der Waals surface area contributed by atoms with Gasteiger partial charge < -0.3 is 14.6 Å². The lowest BCUT2D eigenvalue weighted by Crippen LogP contribution is -2.32. The summed E-state index contributed by atoms with van der Waals surface area (Å²) in [4.78, 5) is 24.3. The number of ether oxygens (including phenoxy) is 1. The number of hydrogen-bond acceptors (Lipinski definition) is 3. The summed E-state index contributed by atoms with van der Waals surface area (Å²) in [6.45, 7) is 0. The fourth-order valence-corrected chi connectivity index (χ4v) is 5.19. The van der Waals surface area contributed by atoms with Crippen LogP contribution in [0.25, 0.3) is 0 Å². The number of hydrogen-bond donors (Lipinski definition) is 1. The molecule has 2 aliphatic carbocycles. The SMILES string of the molecule is COC(=O)NC1CC[C@H](c2ccc(C(=O)CCCc3ccc4c(c3)CCC4)n2C)C1. The number of nitrogens with one attached hydrogen (secondary N) is 1. The molecule has 0 radical (unpaired) electrons. The van der Waals surface area contributed by atoms with Gasteiger partial charge in [0.25, 0.3) is 0 Å². The van der Waals surface area contributed by atoms with Crippen molar-refractivity contribution in [1.29, 1.82) is 0 Å². The lowest BCUT2D eigenvalue weighted by molar-refractivity contribution is 0.0972. The van der Waals surface area contributed by atoms with Gasteiger partial charge in [-0.25, -0.2) is 4.79 Å². The molecule has 30 heavy (non-hydrogen) atoms. The molecule has 160 valence electrons. The number of rotatable bonds is 7. The molecule has 2 aliphatic rings. The van der Waals surface area contributed by atoms with Crippen molar-refractivity contribution >= 4 is 11.9 Å². The standard InChI is InChI=1S/C25H32N2O3/c1-27-22(20-11-12-21(16-20)26-25(29)30-2)13-14-23(27)24(28)8-3-5-17-9-10-18-6-4-7-19(18)15-17/h9-10,13-15,20-21H,3-8,11-12,16H2,1-2H3,(H,26,29)/t20-,21?/m0/s1. The Labute approximate surface area is 178 Å². The predicted octanol–water partition coefficient (Wildman–Crippen LogP) is 4.71. The van der Waals surface area contributed by atoms with E-state index in [9.17, 15) is 9.59 Å². The van der Waals surface area contributed by atoms with Gasteiger partial charge >= 0.3 is 6.09 Å². The molecule has 1 heterocycles. The van der Waals surface area contributed by atoms with Gasteiger partial charge in [0.1, 0.15) is 0 Å². The van der Waals surface area contributed by atoms with E-state index in [0.29, 0.717) is 12.3 Å². The zero-order chi connectivity index (χ0) is 21.1. The van der Waals surface area contributed by atoms with Crippen molar-refractivity contribution < 1.29 is 14.3 Å². The van der Waals surface area contributed by atoms with Crippen LogP contribution in [0.2, 0.25) is 0 Å². The lowest BCUT2D eigenvalue weighted by atomic mass is 10.0. The number of fused-ring (bicyclic) bond motifs is 1. The van der Waals surface area contributed by atoms with Gasteiger partial charge in [0, 0.05) is 31.1 Å². The molecular weight excluding hydrogens is 376 g/mol. The zero-order valence-corrected chi connectivity index (χ0v) is 18.1. The van der Waals surface area contributed by atoms with Crippen molar-refractivity contribution in [1.82, 2.24) is 9.88 Å². The number of aryl methyl sites for hydroxylation is 3. The summed E-state index contributed by atoms with van der Waals surface area (Å²) in [5, 5.41) is 2.90. The summed E-state index contributed by atoms with van der Waals surface area (Å²) in [6, 6.07) is 11.0. The summed E-state index contributed by atoms with van der Waals surface area (Å²) in [7, 11) is 3.38. The molecule has 0 spiro atoms. The van der Waals surface area contributed by atoms with E-state index in [4.69, 9.17) is 4.74 Å². The maximum atomic E-state index is 12.8. The Balaban J connectivity index is 1.31. The zero-order valence-electron chi connectivity index (χ0n) is 18.1. The number of nitrogens with zero attached hydrogens (tertiary/aromatic N) is 1. The van der Waals surface area contributed by atoms with Crippen LogP contribution in [0.1, 0.15) is 77.3 Å². The van der Waals surface area contributed by atoms with Gasteiger partial charge in [-0.2, -0.15) is 0 Å². The lowest BCUT2D eigenvalue weighted by Gasteiger charge is -2.14. The van der Waals surface area contributed by atoms with E-state index >= 15 is 0 Å². The van der Waals surface area contributed by atoms with Crippen LogP contribution >= 0.6 is 0 Å². The van der Waals surface area contributed by atoms with Crippen molar-refractivity contribution in [3.63, 3.8) is 0 Å². The van der Waals surface area contributed by atoms with Crippen molar-refractivity contribution in [2.24, 2.45) is 7.05 Å². The molecule has 1 fully saturated rings. The van der Waals surface area contributed by atoms with E-state index in [1.165, 1.54) is 48.8 Å². The van der Waals surface area contributed by atoms with Crippen molar-refractivity contribution in [3.8, 4) is 0 Å². The van der Waals surface area contributed by atoms with E-state index in [-0.39, 0.29) is 17.9 Å². The minimum absolute atomic E-state index is 0.142. The molecule has 1 aromatic carbocycles. The Morgan fingerprint density at radius 1 is 1.13 bits per heavy atom. The van der Waals surface area contributed by atoms with Crippen LogP contribution in [0.15, 0.2) is 30.3 Å². The molecule has 2 atom stereocenters.